The summed E-state index contributed by atoms with van der Waals surface area (Å²) in [5.74, 6) is 0. The molecule has 1 heterocycles. The molecule has 18 heavy (non-hydrogen) atoms. The van der Waals surface area contributed by atoms with E-state index in [1.54, 1.807) is 0 Å². The first-order chi connectivity index (χ1) is 8.75. The van der Waals surface area contributed by atoms with Crippen molar-refractivity contribution in [2.75, 3.05) is 0 Å². The smallest absolute Gasteiger partial charge is 0.324 e. The van der Waals surface area contributed by atoms with Crippen LogP contribution in [0.15, 0.2) is 58.3 Å². The van der Waals surface area contributed by atoms with Gasteiger partial charge in [0.25, 0.3) is 0 Å². The van der Waals surface area contributed by atoms with Gasteiger partial charge in [-0.3, -0.25) is 0 Å². The predicted octanol–water partition coefficient (Wildman–Crippen LogP) is 2.21. The Kier molecular flexibility index (Phi) is 3.06. The van der Waals surface area contributed by atoms with Gasteiger partial charge in [0, 0.05) is 9.79 Å². The van der Waals surface area contributed by atoms with Crippen LogP contribution in [0.1, 0.15) is 5.56 Å². The molecule has 4 heteroatoms. The molecule has 3 rings (SSSR count). The van der Waals surface area contributed by atoms with Gasteiger partial charge >= 0.3 is 6.92 Å². The fourth-order valence-electron chi connectivity index (χ4n) is 2.18. The Morgan fingerprint density at radius 1 is 1.11 bits per heavy atom. The van der Waals surface area contributed by atoms with Crippen LogP contribution in [0.3, 0.4) is 0 Å². The van der Waals surface area contributed by atoms with Gasteiger partial charge in [0.2, 0.25) is 0 Å². The molecular formula is C14H13BO2S. The normalized spacial score (nSPS) is 15.5. The van der Waals surface area contributed by atoms with Gasteiger partial charge in [0.1, 0.15) is 0 Å². The molecule has 0 aromatic heterocycles. The second-order valence-electron chi connectivity index (χ2n) is 4.40. The molecule has 0 N–H and O–H groups in total. The van der Waals surface area contributed by atoms with E-state index >= 15 is 0 Å². The Labute approximate surface area is 110 Å². The third kappa shape index (κ3) is 2.02. The lowest BCUT2D eigenvalue weighted by atomic mass is 9.64. The van der Waals surface area contributed by atoms with Crippen molar-refractivity contribution in [3.05, 3.63) is 54.1 Å². The Hall–Kier alpha value is -1.39. The summed E-state index contributed by atoms with van der Waals surface area (Å²) < 4.78 is 18.0. The van der Waals surface area contributed by atoms with Gasteiger partial charge in [-0.05, 0) is 35.3 Å². The zero-order valence-corrected chi connectivity index (χ0v) is 10.9. The van der Waals surface area contributed by atoms with Gasteiger partial charge in [-0.15, -0.1) is 0 Å². The molecule has 0 saturated heterocycles. The molecule has 2 nitrogen and oxygen atoms in total. The van der Waals surface area contributed by atoms with E-state index in [0.717, 1.165) is 15.3 Å². The molecule has 0 radical (unpaired) electrons. The Balaban J connectivity index is 1.99. The molecule has 0 spiro atoms. The van der Waals surface area contributed by atoms with Gasteiger partial charge in [0.15, 0.2) is 0 Å². The van der Waals surface area contributed by atoms with E-state index in [1.165, 1.54) is 5.56 Å². The average molecular weight is 256 g/mol. The Morgan fingerprint density at radius 3 is 2.67 bits per heavy atom. The molecule has 1 aliphatic heterocycles. The van der Waals surface area contributed by atoms with Gasteiger partial charge in [-0.25, -0.2) is 4.21 Å². The van der Waals surface area contributed by atoms with Crippen LogP contribution in [-0.2, 0) is 22.1 Å². The number of hydrogen-bond acceptors (Lipinski definition) is 2. The van der Waals surface area contributed by atoms with Crippen LogP contribution in [0.4, 0.5) is 0 Å². The molecule has 1 unspecified atom stereocenters. The second-order valence-corrected chi connectivity index (χ2v) is 5.88. The fourth-order valence-corrected chi connectivity index (χ4v) is 3.29. The number of benzene rings is 2. The molecule has 2 aromatic carbocycles. The van der Waals surface area contributed by atoms with Crippen molar-refractivity contribution in [2.45, 2.75) is 23.2 Å². The quantitative estimate of drug-likeness (QED) is 0.770. The number of hydrogen-bond donors (Lipinski definition) is 0. The second kappa shape index (κ2) is 4.71. The Morgan fingerprint density at radius 2 is 1.89 bits per heavy atom. The summed E-state index contributed by atoms with van der Waals surface area (Å²) in [5, 5.41) is 0. The summed E-state index contributed by atoms with van der Waals surface area (Å²) in [5.41, 5.74) is 2.37. The summed E-state index contributed by atoms with van der Waals surface area (Å²) >= 11 is 0. The molecule has 0 bridgehead atoms. The van der Waals surface area contributed by atoms with Gasteiger partial charge in [0.05, 0.1) is 17.4 Å². The van der Waals surface area contributed by atoms with Crippen molar-refractivity contribution < 1.29 is 8.86 Å². The maximum Gasteiger partial charge on any atom is 0.324 e. The van der Waals surface area contributed by atoms with Gasteiger partial charge < -0.3 is 4.65 Å². The highest BCUT2D eigenvalue weighted by molar-refractivity contribution is 7.85. The van der Waals surface area contributed by atoms with Crippen molar-refractivity contribution in [1.82, 2.24) is 0 Å². The van der Waals surface area contributed by atoms with Crippen LogP contribution in [0, 0.1) is 0 Å². The molecule has 1 atom stereocenters. The maximum atomic E-state index is 12.4. The SMILES string of the molecule is CB1OCc2ccc(S(=O)c3ccccc3)cc21. The van der Waals surface area contributed by atoms with E-state index in [4.69, 9.17) is 4.65 Å². The molecule has 0 saturated carbocycles. The molecule has 0 aliphatic carbocycles. The predicted molar refractivity (Wildman–Crippen MR) is 73.6 cm³/mol. The van der Waals surface area contributed by atoms with Gasteiger partial charge in [-0.1, -0.05) is 31.1 Å². The van der Waals surface area contributed by atoms with Crippen LogP contribution in [0.2, 0.25) is 6.82 Å². The summed E-state index contributed by atoms with van der Waals surface area (Å²) in [6, 6.07) is 15.5. The fraction of sp³-hybridized carbons (Fsp3) is 0.143. The van der Waals surface area contributed by atoms with E-state index in [-0.39, 0.29) is 6.92 Å². The third-order valence-corrected chi connectivity index (χ3v) is 4.60. The number of fused-ring (bicyclic) bond motifs is 1. The standard InChI is InChI=1S/C14H13BO2S/c1-15-14-9-13(8-7-11(14)10-17-15)18(16)12-5-3-2-4-6-12/h2-9H,10H2,1H3. The molecular weight excluding hydrogens is 243 g/mol. The van der Waals surface area contributed by atoms with E-state index in [2.05, 4.69) is 0 Å². The average Bonchev–Trinajstić information content (AvgIpc) is 2.80. The lowest BCUT2D eigenvalue weighted by Gasteiger charge is -2.05. The van der Waals surface area contributed by atoms with E-state index < -0.39 is 10.8 Å². The van der Waals surface area contributed by atoms with E-state index in [1.807, 2.05) is 55.4 Å². The minimum atomic E-state index is -1.11. The minimum Gasteiger partial charge on any atom is -0.427 e. The highest BCUT2D eigenvalue weighted by Gasteiger charge is 2.24. The lowest BCUT2D eigenvalue weighted by Crippen LogP contribution is -2.24. The van der Waals surface area contributed by atoms with Crippen molar-refractivity contribution in [1.29, 1.82) is 0 Å². The molecule has 2 aromatic rings. The highest BCUT2D eigenvalue weighted by Crippen LogP contribution is 2.19. The van der Waals surface area contributed by atoms with Crippen LogP contribution in [0.25, 0.3) is 0 Å². The molecule has 0 fully saturated rings. The van der Waals surface area contributed by atoms with Crippen molar-refractivity contribution in [3.63, 3.8) is 0 Å². The largest absolute Gasteiger partial charge is 0.427 e. The molecule has 0 amide bonds. The molecule has 90 valence electrons. The summed E-state index contributed by atoms with van der Waals surface area (Å²) in [7, 11) is -1.11. The highest BCUT2D eigenvalue weighted by atomic mass is 32.2. The summed E-state index contributed by atoms with van der Waals surface area (Å²) in [6.07, 6.45) is 0. The van der Waals surface area contributed by atoms with E-state index in [0.29, 0.717) is 6.61 Å². The van der Waals surface area contributed by atoms with Crippen LogP contribution >= 0.6 is 0 Å². The minimum absolute atomic E-state index is 0.104. The first-order valence-electron chi connectivity index (χ1n) is 5.97. The lowest BCUT2D eigenvalue weighted by molar-refractivity contribution is 0.333. The molecule has 1 aliphatic rings. The van der Waals surface area contributed by atoms with Gasteiger partial charge in [-0.2, -0.15) is 0 Å². The number of rotatable bonds is 2. The Bertz CT molecular complexity index is 598. The maximum absolute atomic E-state index is 12.4. The summed E-state index contributed by atoms with van der Waals surface area (Å²) in [6.45, 7) is 2.79. The van der Waals surface area contributed by atoms with Crippen molar-refractivity contribution in [2.24, 2.45) is 0 Å². The first-order valence-corrected chi connectivity index (χ1v) is 7.12. The third-order valence-electron chi connectivity index (χ3n) is 3.22. The monoisotopic (exact) mass is 256 g/mol. The zero-order chi connectivity index (χ0) is 12.5. The topological polar surface area (TPSA) is 26.3 Å². The summed E-state index contributed by atoms with van der Waals surface area (Å²) in [4.78, 5) is 1.68. The van der Waals surface area contributed by atoms with Crippen LogP contribution in [0.5, 0.6) is 0 Å². The van der Waals surface area contributed by atoms with Crippen molar-refractivity contribution >= 4 is 23.2 Å². The zero-order valence-electron chi connectivity index (χ0n) is 10.1. The van der Waals surface area contributed by atoms with Crippen LogP contribution in [-0.4, -0.2) is 11.1 Å². The van der Waals surface area contributed by atoms with E-state index in [9.17, 15) is 4.21 Å². The van der Waals surface area contributed by atoms with Crippen molar-refractivity contribution in [3.8, 4) is 0 Å². The first kappa shape index (κ1) is 11.7. The van der Waals surface area contributed by atoms with Crippen LogP contribution < -0.4 is 5.46 Å².